The maximum atomic E-state index is 3.52. The standard InChI is InChI=1S/C34H30N2/c1-34(2,3)26-16-20-29(21-17-26)36(27-9-5-4-6-10-27)28-18-13-24(14-19-28)25-15-22-33-31(23-25)30-11-7-8-12-32(30)35-33/h4-23,35H,1-3H3. The smallest absolute Gasteiger partial charge is 0.0465 e. The summed E-state index contributed by atoms with van der Waals surface area (Å²) >= 11 is 0. The van der Waals surface area contributed by atoms with Gasteiger partial charge in [0.1, 0.15) is 0 Å². The second-order valence-electron chi connectivity index (χ2n) is 10.4. The lowest BCUT2D eigenvalue weighted by molar-refractivity contribution is 0.590. The summed E-state index contributed by atoms with van der Waals surface area (Å²) in [6.45, 7) is 6.76. The quantitative estimate of drug-likeness (QED) is 0.274. The molecule has 36 heavy (non-hydrogen) atoms. The van der Waals surface area contributed by atoms with Crippen LogP contribution in [0.4, 0.5) is 17.1 Å². The zero-order valence-corrected chi connectivity index (χ0v) is 21.0. The lowest BCUT2D eigenvalue weighted by Gasteiger charge is -2.27. The molecule has 0 fully saturated rings. The second-order valence-corrected chi connectivity index (χ2v) is 10.4. The molecule has 2 nitrogen and oxygen atoms in total. The Bertz CT molecular complexity index is 1630. The number of hydrogen-bond donors (Lipinski definition) is 1. The number of rotatable bonds is 4. The maximum absolute atomic E-state index is 3.52. The van der Waals surface area contributed by atoms with Gasteiger partial charge in [0.25, 0.3) is 0 Å². The van der Waals surface area contributed by atoms with Gasteiger partial charge in [-0.15, -0.1) is 0 Å². The monoisotopic (exact) mass is 466 g/mol. The van der Waals surface area contributed by atoms with Gasteiger partial charge in [0.2, 0.25) is 0 Å². The molecule has 0 aliphatic carbocycles. The molecule has 0 aliphatic heterocycles. The Balaban J connectivity index is 1.39. The number of hydrogen-bond acceptors (Lipinski definition) is 1. The summed E-state index contributed by atoms with van der Waals surface area (Å²) in [5.74, 6) is 0. The molecule has 2 heteroatoms. The molecule has 0 unspecified atom stereocenters. The Labute approximate surface area is 212 Å². The first-order valence-corrected chi connectivity index (χ1v) is 12.5. The SMILES string of the molecule is CC(C)(C)c1ccc(N(c2ccccc2)c2ccc(-c3ccc4[nH]c5ccccc5c4c3)cc2)cc1. The van der Waals surface area contributed by atoms with Crippen LogP contribution in [0.2, 0.25) is 0 Å². The van der Waals surface area contributed by atoms with Crippen molar-refractivity contribution in [3.8, 4) is 11.1 Å². The van der Waals surface area contributed by atoms with Gasteiger partial charge in [-0.3, -0.25) is 0 Å². The van der Waals surface area contributed by atoms with Gasteiger partial charge < -0.3 is 9.88 Å². The normalized spacial score (nSPS) is 11.8. The van der Waals surface area contributed by atoms with Crippen molar-refractivity contribution in [1.82, 2.24) is 4.98 Å². The number of benzene rings is 5. The van der Waals surface area contributed by atoms with Crippen LogP contribution >= 0.6 is 0 Å². The number of H-pyrrole nitrogens is 1. The van der Waals surface area contributed by atoms with Crippen molar-refractivity contribution in [3.63, 3.8) is 0 Å². The summed E-state index contributed by atoms with van der Waals surface area (Å²) < 4.78 is 0. The molecule has 0 spiro atoms. The van der Waals surface area contributed by atoms with Crippen molar-refractivity contribution >= 4 is 38.9 Å². The van der Waals surface area contributed by atoms with E-state index < -0.39 is 0 Å². The van der Waals surface area contributed by atoms with Crippen molar-refractivity contribution in [2.75, 3.05) is 4.90 Å². The van der Waals surface area contributed by atoms with Crippen molar-refractivity contribution in [1.29, 1.82) is 0 Å². The van der Waals surface area contributed by atoms with Gasteiger partial charge in [0.05, 0.1) is 0 Å². The van der Waals surface area contributed by atoms with E-state index in [0.717, 1.165) is 17.1 Å². The van der Waals surface area contributed by atoms with Gasteiger partial charge in [-0.05, 0) is 76.7 Å². The lowest BCUT2D eigenvalue weighted by atomic mass is 9.87. The van der Waals surface area contributed by atoms with Crippen LogP contribution in [0.5, 0.6) is 0 Å². The molecule has 1 aromatic heterocycles. The van der Waals surface area contributed by atoms with Gasteiger partial charge in [-0.1, -0.05) is 87.5 Å². The molecule has 0 amide bonds. The molecule has 0 radical (unpaired) electrons. The summed E-state index contributed by atoms with van der Waals surface area (Å²) in [6, 6.07) is 43.6. The third-order valence-electron chi connectivity index (χ3n) is 6.97. The van der Waals surface area contributed by atoms with Crippen molar-refractivity contribution in [3.05, 3.63) is 127 Å². The summed E-state index contributed by atoms with van der Waals surface area (Å²) in [5, 5.41) is 2.52. The Morgan fingerprint density at radius 2 is 1.06 bits per heavy atom. The fourth-order valence-electron chi connectivity index (χ4n) is 4.97. The van der Waals surface area contributed by atoms with E-state index in [0.29, 0.717) is 0 Å². The topological polar surface area (TPSA) is 19.0 Å². The zero-order valence-electron chi connectivity index (χ0n) is 21.0. The Morgan fingerprint density at radius 1 is 0.500 bits per heavy atom. The van der Waals surface area contributed by atoms with E-state index in [1.165, 1.54) is 38.5 Å². The van der Waals surface area contributed by atoms with Crippen LogP contribution < -0.4 is 4.90 Å². The van der Waals surface area contributed by atoms with Crippen LogP contribution in [0.25, 0.3) is 32.9 Å². The molecule has 5 aromatic carbocycles. The fraction of sp³-hybridized carbons (Fsp3) is 0.118. The zero-order chi connectivity index (χ0) is 24.7. The molecule has 176 valence electrons. The number of nitrogens with zero attached hydrogens (tertiary/aromatic N) is 1. The summed E-state index contributed by atoms with van der Waals surface area (Å²) in [6.07, 6.45) is 0. The van der Waals surface area contributed by atoms with E-state index >= 15 is 0 Å². The highest BCUT2D eigenvalue weighted by atomic mass is 15.1. The molecular formula is C34H30N2. The molecule has 0 saturated heterocycles. The first-order chi connectivity index (χ1) is 17.5. The molecule has 0 atom stereocenters. The fourth-order valence-corrected chi connectivity index (χ4v) is 4.97. The molecule has 0 bridgehead atoms. The van der Waals surface area contributed by atoms with E-state index in [-0.39, 0.29) is 5.41 Å². The van der Waals surface area contributed by atoms with Crippen molar-refractivity contribution in [2.45, 2.75) is 26.2 Å². The van der Waals surface area contributed by atoms with E-state index in [9.17, 15) is 0 Å². The molecule has 0 saturated carbocycles. The van der Waals surface area contributed by atoms with Gasteiger partial charge in [0, 0.05) is 38.9 Å². The van der Waals surface area contributed by atoms with E-state index in [1.54, 1.807) is 0 Å². The van der Waals surface area contributed by atoms with Crippen molar-refractivity contribution < 1.29 is 0 Å². The number of aromatic amines is 1. The first-order valence-electron chi connectivity index (χ1n) is 12.5. The maximum Gasteiger partial charge on any atom is 0.0465 e. The molecule has 6 rings (SSSR count). The molecule has 0 aliphatic rings. The molecule has 1 N–H and O–H groups in total. The third kappa shape index (κ3) is 4.05. The Morgan fingerprint density at radius 3 is 1.75 bits per heavy atom. The van der Waals surface area contributed by atoms with Crippen molar-refractivity contribution in [2.24, 2.45) is 0 Å². The predicted molar refractivity (Wildman–Crippen MR) is 155 cm³/mol. The number of para-hydroxylation sites is 2. The average molecular weight is 467 g/mol. The van der Waals surface area contributed by atoms with Gasteiger partial charge >= 0.3 is 0 Å². The minimum atomic E-state index is 0.129. The minimum absolute atomic E-state index is 0.129. The van der Waals surface area contributed by atoms with Crippen LogP contribution in [0, 0.1) is 0 Å². The van der Waals surface area contributed by atoms with Crippen LogP contribution in [0.1, 0.15) is 26.3 Å². The molecule has 6 aromatic rings. The van der Waals surface area contributed by atoms with E-state index in [1.807, 2.05) is 0 Å². The average Bonchev–Trinajstić information content (AvgIpc) is 3.28. The van der Waals surface area contributed by atoms with Crippen LogP contribution in [0.3, 0.4) is 0 Å². The second kappa shape index (κ2) is 8.73. The number of fused-ring (bicyclic) bond motifs is 3. The summed E-state index contributed by atoms with van der Waals surface area (Å²) in [7, 11) is 0. The highest BCUT2D eigenvalue weighted by molar-refractivity contribution is 6.08. The van der Waals surface area contributed by atoms with Crippen LogP contribution in [0.15, 0.2) is 121 Å². The van der Waals surface area contributed by atoms with E-state index in [4.69, 9.17) is 0 Å². The Hall–Kier alpha value is -4.30. The van der Waals surface area contributed by atoms with Gasteiger partial charge in [0.15, 0.2) is 0 Å². The minimum Gasteiger partial charge on any atom is -0.355 e. The summed E-state index contributed by atoms with van der Waals surface area (Å²) in [5.41, 5.74) is 9.69. The first kappa shape index (κ1) is 22.2. The van der Waals surface area contributed by atoms with Gasteiger partial charge in [-0.2, -0.15) is 0 Å². The van der Waals surface area contributed by atoms with E-state index in [2.05, 4.69) is 152 Å². The number of nitrogens with one attached hydrogen (secondary N) is 1. The highest BCUT2D eigenvalue weighted by Crippen LogP contribution is 2.37. The largest absolute Gasteiger partial charge is 0.355 e. The number of anilines is 3. The predicted octanol–water partition coefficient (Wildman–Crippen LogP) is 9.76. The summed E-state index contributed by atoms with van der Waals surface area (Å²) in [4.78, 5) is 5.84. The number of aromatic nitrogens is 1. The molecule has 1 heterocycles. The van der Waals surface area contributed by atoms with Crippen LogP contribution in [-0.2, 0) is 5.41 Å². The van der Waals surface area contributed by atoms with Crippen LogP contribution in [-0.4, -0.2) is 4.98 Å². The third-order valence-corrected chi connectivity index (χ3v) is 6.97. The lowest BCUT2D eigenvalue weighted by Crippen LogP contribution is -2.13. The van der Waals surface area contributed by atoms with Gasteiger partial charge in [-0.25, -0.2) is 0 Å². The molecular weight excluding hydrogens is 436 g/mol. The highest BCUT2D eigenvalue weighted by Gasteiger charge is 2.16. The Kier molecular flexibility index (Phi) is 5.38.